The maximum atomic E-state index is 10.6. The van der Waals surface area contributed by atoms with Crippen molar-refractivity contribution in [3.05, 3.63) is 24.0 Å². The summed E-state index contributed by atoms with van der Waals surface area (Å²) in [6.45, 7) is 1.12. The molecule has 0 radical (unpaired) electrons. The van der Waals surface area contributed by atoms with Crippen LogP contribution in [0.4, 0.5) is 0 Å². The highest BCUT2D eigenvalue weighted by atomic mass is 16.5. The monoisotopic (exact) mass is 211 g/mol. The van der Waals surface area contributed by atoms with Gasteiger partial charge in [0.05, 0.1) is 6.61 Å². The van der Waals surface area contributed by atoms with Gasteiger partial charge in [-0.15, -0.1) is 0 Å². The van der Waals surface area contributed by atoms with Crippen LogP contribution in [0.3, 0.4) is 0 Å². The lowest BCUT2D eigenvalue weighted by Gasteiger charge is -2.05. The van der Waals surface area contributed by atoms with Crippen LogP contribution in [0.2, 0.25) is 0 Å². The highest BCUT2D eigenvalue weighted by Crippen LogP contribution is 2.11. The molecule has 0 fully saturated rings. The molecule has 5 nitrogen and oxygen atoms in total. The summed E-state index contributed by atoms with van der Waals surface area (Å²) in [6.07, 6.45) is 2.18. The quantitative estimate of drug-likeness (QED) is 0.716. The third kappa shape index (κ3) is 3.95. The van der Waals surface area contributed by atoms with E-state index in [0.29, 0.717) is 19.0 Å². The third-order valence-corrected chi connectivity index (χ3v) is 1.71. The minimum atomic E-state index is -1.06. The predicted octanol–water partition coefficient (Wildman–Crippen LogP) is 1.20. The lowest BCUT2D eigenvalue weighted by atomic mass is 10.3. The molecule has 15 heavy (non-hydrogen) atoms. The van der Waals surface area contributed by atoms with E-state index in [1.165, 1.54) is 12.3 Å². The Balaban J connectivity index is 2.47. The number of rotatable bonds is 6. The lowest BCUT2D eigenvalue weighted by molar-refractivity contribution is 0.0689. The molecular formula is C10H13NO4. The molecule has 0 aromatic carbocycles. The van der Waals surface area contributed by atoms with Gasteiger partial charge < -0.3 is 14.6 Å². The van der Waals surface area contributed by atoms with Gasteiger partial charge in [-0.3, -0.25) is 0 Å². The Bertz CT molecular complexity index is 327. The van der Waals surface area contributed by atoms with E-state index in [0.717, 1.165) is 6.42 Å². The first kappa shape index (κ1) is 11.5. The van der Waals surface area contributed by atoms with Crippen LogP contribution in [0.25, 0.3) is 0 Å². The first-order chi connectivity index (χ1) is 7.24. The van der Waals surface area contributed by atoms with E-state index in [-0.39, 0.29) is 5.69 Å². The van der Waals surface area contributed by atoms with E-state index in [4.69, 9.17) is 14.6 Å². The zero-order chi connectivity index (χ0) is 11.1. The molecule has 0 saturated carbocycles. The van der Waals surface area contributed by atoms with Crippen molar-refractivity contribution in [2.24, 2.45) is 0 Å². The maximum Gasteiger partial charge on any atom is 0.354 e. The van der Waals surface area contributed by atoms with Gasteiger partial charge in [-0.25, -0.2) is 9.78 Å². The zero-order valence-electron chi connectivity index (χ0n) is 8.47. The van der Waals surface area contributed by atoms with Crippen molar-refractivity contribution < 1.29 is 19.4 Å². The molecule has 0 saturated heterocycles. The minimum absolute atomic E-state index is 0.0146. The van der Waals surface area contributed by atoms with Gasteiger partial charge >= 0.3 is 5.97 Å². The molecule has 0 aliphatic heterocycles. The van der Waals surface area contributed by atoms with E-state index >= 15 is 0 Å². The normalized spacial score (nSPS) is 9.93. The van der Waals surface area contributed by atoms with Crippen molar-refractivity contribution in [1.29, 1.82) is 0 Å². The Hall–Kier alpha value is -1.62. The predicted molar refractivity (Wildman–Crippen MR) is 53.2 cm³/mol. The number of hydrogen-bond donors (Lipinski definition) is 1. The Labute approximate surface area is 87.7 Å². The molecule has 82 valence electrons. The van der Waals surface area contributed by atoms with E-state index < -0.39 is 5.97 Å². The summed E-state index contributed by atoms with van der Waals surface area (Å²) < 4.78 is 10.2. The van der Waals surface area contributed by atoms with Crippen LogP contribution >= 0.6 is 0 Å². The number of aromatic carboxylic acids is 1. The van der Waals surface area contributed by atoms with Gasteiger partial charge in [0, 0.05) is 32.4 Å². The molecule has 0 aliphatic carbocycles. The molecule has 1 N–H and O–H groups in total. The first-order valence-electron chi connectivity index (χ1n) is 4.55. The minimum Gasteiger partial charge on any atom is -0.493 e. The number of carbonyl (C=O) groups is 1. The van der Waals surface area contributed by atoms with Crippen molar-refractivity contribution in [3.63, 3.8) is 0 Å². The molecule has 0 spiro atoms. The van der Waals surface area contributed by atoms with E-state index in [9.17, 15) is 4.79 Å². The van der Waals surface area contributed by atoms with Gasteiger partial charge in [0.15, 0.2) is 5.69 Å². The van der Waals surface area contributed by atoms with Gasteiger partial charge in [0.25, 0.3) is 0 Å². The molecule has 0 unspecified atom stereocenters. The summed E-state index contributed by atoms with van der Waals surface area (Å²) in [6, 6.07) is 3.02. The van der Waals surface area contributed by atoms with Crippen LogP contribution in [0.15, 0.2) is 18.3 Å². The summed E-state index contributed by atoms with van der Waals surface area (Å²) in [5.41, 5.74) is -0.0146. The van der Waals surface area contributed by atoms with Crippen molar-refractivity contribution in [2.45, 2.75) is 6.42 Å². The fourth-order valence-corrected chi connectivity index (χ4v) is 1.01. The number of methoxy groups -OCH3 is 1. The van der Waals surface area contributed by atoms with Crippen LogP contribution < -0.4 is 4.74 Å². The second-order valence-corrected chi connectivity index (χ2v) is 2.88. The molecular weight excluding hydrogens is 198 g/mol. The Morgan fingerprint density at radius 1 is 1.53 bits per heavy atom. The molecule has 0 aliphatic rings. The summed E-state index contributed by atoms with van der Waals surface area (Å²) >= 11 is 0. The standard InChI is InChI=1S/C10H13NO4/c1-14-5-2-6-15-8-3-4-11-9(7-8)10(12)13/h3-4,7H,2,5-6H2,1H3,(H,12,13). The lowest BCUT2D eigenvalue weighted by Crippen LogP contribution is -2.04. The highest BCUT2D eigenvalue weighted by Gasteiger charge is 2.05. The average molecular weight is 211 g/mol. The van der Waals surface area contributed by atoms with Gasteiger partial charge in [0.1, 0.15) is 5.75 Å². The topological polar surface area (TPSA) is 68.7 Å². The van der Waals surface area contributed by atoms with Gasteiger partial charge in [-0.1, -0.05) is 0 Å². The number of nitrogens with zero attached hydrogens (tertiary/aromatic N) is 1. The number of carboxylic acid groups (broad SMARTS) is 1. The fraction of sp³-hybridized carbons (Fsp3) is 0.400. The van der Waals surface area contributed by atoms with Crippen molar-refractivity contribution in [2.75, 3.05) is 20.3 Å². The van der Waals surface area contributed by atoms with Crippen LogP contribution in [0.1, 0.15) is 16.9 Å². The largest absolute Gasteiger partial charge is 0.493 e. The van der Waals surface area contributed by atoms with Crippen LogP contribution in [0, 0.1) is 0 Å². The smallest absolute Gasteiger partial charge is 0.354 e. The summed E-state index contributed by atoms with van der Waals surface area (Å²) in [7, 11) is 1.62. The van der Waals surface area contributed by atoms with Crippen molar-refractivity contribution in [3.8, 4) is 5.75 Å². The van der Waals surface area contributed by atoms with E-state index in [2.05, 4.69) is 4.98 Å². The Morgan fingerprint density at radius 3 is 3.00 bits per heavy atom. The Morgan fingerprint density at radius 2 is 2.33 bits per heavy atom. The number of ether oxygens (including phenoxy) is 2. The molecule has 1 rings (SSSR count). The molecule has 0 amide bonds. The fourth-order valence-electron chi connectivity index (χ4n) is 1.01. The van der Waals surface area contributed by atoms with Crippen molar-refractivity contribution in [1.82, 2.24) is 4.98 Å². The van der Waals surface area contributed by atoms with Crippen LogP contribution in [-0.4, -0.2) is 36.4 Å². The van der Waals surface area contributed by atoms with Gasteiger partial charge in [-0.2, -0.15) is 0 Å². The third-order valence-electron chi connectivity index (χ3n) is 1.71. The molecule has 1 aromatic rings. The Kier molecular flexibility index (Phi) is 4.56. The number of hydrogen-bond acceptors (Lipinski definition) is 4. The van der Waals surface area contributed by atoms with Gasteiger partial charge in [-0.05, 0) is 6.07 Å². The summed E-state index contributed by atoms with van der Waals surface area (Å²) in [5.74, 6) is -0.546. The zero-order valence-corrected chi connectivity index (χ0v) is 8.47. The number of pyridine rings is 1. The number of carboxylic acids is 1. The summed E-state index contributed by atoms with van der Waals surface area (Å²) in [4.78, 5) is 14.3. The first-order valence-corrected chi connectivity index (χ1v) is 4.55. The highest BCUT2D eigenvalue weighted by molar-refractivity contribution is 5.85. The molecule has 1 aromatic heterocycles. The second-order valence-electron chi connectivity index (χ2n) is 2.88. The maximum absolute atomic E-state index is 10.6. The second kappa shape index (κ2) is 5.98. The molecule has 0 bridgehead atoms. The van der Waals surface area contributed by atoms with E-state index in [1.807, 2.05) is 0 Å². The molecule has 0 atom stereocenters. The van der Waals surface area contributed by atoms with Crippen molar-refractivity contribution >= 4 is 5.97 Å². The number of aromatic nitrogens is 1. The van der Waals surface area contributed by atoms with E-state index in [1.54, 1.807) is 13.2 Å². The molecule has 1 heterocycles. The van der Waals surface area contributed by atoms with Crippen LogP contribution in [0.5, 0.6) is 5.75 Å². The molecule has 5 heteroatoms. The van der Waals surface area contributed by atoms with Crippen LogP contribution in [-0.2, 0) is 4.74 Å². The SMILES string of the molecule is COCCCOc1ccnc(C(=O)O)c1. The summed E-state index contributed by atoms with van der Waals surface area (Å²) in [5, 5.41) is 8.68. The average Bonchev–Trinajstić information content (AvgIpc) is 2.25. The van der Waals surface area contributed by atoms with Gasteiger partial charge in [0.2, 0.25) is 0 Å².